The monoisotopic (exact) mass is 413 g/mol. The number of hydrogen-bond acceptors (Lipinski definition) is 5. The summed E-state index contributed by atoms with van der Waals surface area (Å²) in [6, 6.07) is 15.2. The van der Waals surface area contributed by atoms with Crippen molar-refractivity contribution in [3.8, 4) is 11.5 Å². The highest BCUT2D eigenvalue weighted by Crippen LogP contribution is 2.28. The van der Waals surface area contributed by atoms with Gasteiger partial charge >= 0.3 is 5.97 Å². The minimum atomic E-state index is -0.379. The maximum Gasteiger partial charge on any atom is 0.314 e. The first-order chi connectivity index (χ1) is 14.5. The van der Waals surface area contributed by atoms with Crippen LogP contribution in [0.5, 0.6) is 11.5 Å². The van der Waals surface area contributed by atoms with Gasteiger partial charge in [0.25, 0.3) is 5.91 Å². The molecule has 1 amide bonds. The first-order valence-electron chi connectivity index (χ1n) is 10.2. The molecule has 2 unspecified atom stereocenters. The second-order valence-electron chi connectivity index (χ2n) is 7.17. The number of carbonyl (C=O) groups excluding carboxylic acids is 2. The summed E-state index contributed by atoms with van der Waals surface area (Å²) in [4.78, 5) is 24.8. The molecule has 0 aliphatic heterocycles. The Bertz CT molecular complexity index is 822. The summed E-state index contributed by atoms with van der Waals surface area (Å²) in [6.45, 7) is 4.20. The number of carbonyl (C=O) groups is 2. The Kier molecular flexibility index (Phi) is 9.19. The van der Waals surface area contributed by atoms with E-state index in [2.05, 4.69) is 5.32 Å². The maximum atomic E-state index is 12.6. The number of nitrogens with one attached hydrogen (secondary N) is 1. The number of rotatable bonds is 11. The summed E-state index contributed by atoms with van der Waals surface area (Å²) in [5, 5.41) is 2.79. The highest BCUT2D eigenvalue weighted by atomic mass is 16.5. The molecular weight excluding hydrogens is 382 g/mol. The molecule has 0 bridgehead atoms. The fraction of sp³-hybridized carbons (Fsp3) is 0.417. The third-order valence-corrected chi connectivity index (χ3v) is 5.15. The van der Waals surface area contributed by atoms with E-state index >= 15 is 0 Å². The van der Waals surface area contributed by atoms with Gasteiger partial charge in [-0.15, -0.1) is 0 Å². The third-order valence-electron chi connectivity index (χ3n) is 5.15. The van der Waals surface area contributed by atoms with Crippen molar-refractivity contribution in [3.63, 3.8) is 0 Å². The predicted octanol–water partition coefficient (Wildman–Crippen LogP) is 3.74. The van der Waals surface area contributed by atoms with Crippen molar-refractivity contribution in [1.82, 2.24) is 5.32 Å². The van der Waals surface area contributed by atoms with Gasteiger partial charge in [0.15, 0.2) is 18.1 Å². The van der Waals surface area contributed by atoms with Gasteiger partial charge in [-0.05, 0) is 35.6 Å². The van der Waals surface area contributed by atoms with Gasteiger partial charge in [0.05, 0.1) is 20.1 Å². The van der Waals surface area contributed by atoms with Gasteiger partial charge in [-0.1, -0.05) is 56.7 Å². The van der Waals surface area contributed by atoms with Gasteiger partial charge in [-0.25, -0.2) is 0 Å². The van der Waals surface area contributed by atoms with Gasteiger partial charge in [-0.2, -0.15) is 0 Å². The molecule has 1 N–H and O–H groups in total. The average molecular weight is 414 g/mol. The van der Waals surface area contributed by atoms with Crippen molar-refractivity contribution in [3.05, 3.63) is 59.7 Å². The molecule has 0 radical (unpaired) electrons. The number of hydrogen-bond donors (Lipinski definition) is 1. The van der Waals surface area contributed by atoms with Gasteiger partial charge < -0.3 is 19.5 Å². The first kappa shape index (κ1) is 23.3. The molecule has 6 heteroatoms. The molecule has 162 valence electrons. The van der Waals surface area contributed by atoms with Crippen LogP contribution < -0.4 is 14.8 Å². The molecule has 2 rings (SSSR count). The summed E-state index contributed by atoms with van der Waals surface area (Å²) in [6.07, 6.45) is 1.46. The van der Waals surface area contributed by atoms with E-state index in [1.807, 2.05) is 62.4 Å². The lowest BCUT2D eigenvalue weighted by molar-refractivity contribution is -0.151. The Morgan fingerprint density at radius 3 is 2.33 bits per heavy atom. The topological polar surface area (TPSA) is 73.9 Å². The summed E-state index contributed by atoms with van der Waals surface area (Å²) >= 11 is 0. The number of methoxy groups -OCH3 is 2. The normalized spacial score (nSPS) is 12.5. The smallest absolute Gasteiger partial charge is 0.314 e. The zero-order valence-electron chi connectivity index (χ0n) is 18.1. The van der Waals surface area contributed by atoms with Crippen molar-refractivity contribution < 1.29 is 23.8 Å². The largest absolute Gasteiger partial charge is 0.493 e. The molecule has 0 aliphatic carbocycles. The quantitative estimate of drug-likeness (QED) is 0.568. The number of benzene rings is 2. The average Bonchev–Trinajstić information content (AvgIpc) is 2.78. The van der Waals surface area contributed by atoms with Gasteiger partial charge in [0.1, 0.15) is 0 Å². The Morgan fingerprint density at radius 2 is 1.70 bits per heavy atom. The molecule has 0 saturated heterocycles. The second kappa shape index (κ2) is 11.9. The Morgan fingerprint density at radius 1 is 1.00 bits per heavy atom. The molecule has 6 nitrogen and oxygen atoms in total. The number of esters is 1. The highest BCUT2D eigenvalue weighted by Gasteiger charge is 2.27. The van der Waals surface area contributed by atoms with Crippen LogP contribution in [0.2, 0.25) is 0 Å². The van der Waals surface area contributed by atoms with E-state index in [0.29, 0.717) is 24.5 Å². The van der Waals surface area contributed by atoms with Crippen molar-refractivity contribution in [2.75, 3.05) is 27.4 Å². The van der Waals surface area contributed by atoms with Crippen LogP contribution >= 0.6 is 0 Å². The highest BCUT2D eigenvalue weighted by molar-refractivity contribution is 5.83. The number of amides is 1. The molecule has 0 aromatic heterocycles. The lowest BCUT2D eigenvalue weighted by Crippen LogP contribution is -2.32. The van der Waals surface area contributed by atoms with Crippen LogP contribution in [-0.2, 0) is 20.7 Å². The standard InChI is InChI=1S/C24H31NO5/c1-5-17(2)23(19-9-7-6-8-10-19)24(27)30-16-22(26)25-14-13-18-11-12-20(28-3)21(15-18)29-4/h6-12,15,17,23H,5,13-14,16H2,1-4H3,(H,25,26). The van der Waals surface area contributed by atoms with Crippen LogP contribution in [0.4, 0.5) is 0 Å². The summed E-state index contributed by atoms with van der Waals surface area (Å²) < 4.78 is 15.8. The van der Waals surface area contributed by atoms with Crippen LogP contribution in [0.1, 0.15) is 37.3 Å². The van der Waals surface area contributed by atoms with Crippen molar-refractivity contribution in [1.29, 1.82) is 0 Å². The molecule has 0 aliphatic rings. The van der Waals surface area contributed by atoms with E-state index in [9.17, 15) is 9.59 Å². The summed E-state index contributed by atoms with van der Waals surface area (Å²) in [7, 11) is 3.17. The molecule has 0 saturated carbocycles. The summed E-state index contributed by atoms with van der Waals surface area (Å²) in [5.74, 6) is 0.355. The van der Waals surface area contributed by atoms with Crippen LogP contribution in [0, 0.1) is 5.92 Å². The lowest BCUT2D eigenvalue weighted by Gasteiger charge is -2.21. The summed E-state index contributed by atoms with van der Waals surface area (Å²) in [5.41, 5.74) is 1.91. The van der Waals surface area contributed by atoms with Crippen LogP contribution in [0.15, 0.2) is 48.5 Å². The fourth-order valence-electron chi connectivity index (χ4n) is 3.25. The Balaban J connectivity index is 1.84. The minimum absolute atomic E-state index is 0.119. The van der Waals surface area contributed by atoms with Gasteiger partial charge in [0.2, 0.25) is 0 Å². The molecule has 2 aromatic rings. The van der Waals surface area contributed by atoms with E-state index in [4.69, 9.17) is 14.2 Å². The van der Waals surface area contributed by atoms with Crippen molar-refractivity contribution in [2.45, 2.75) is 32.6 Å². The van der Waals surface area contributed by atoms with E-state index < -0.39 is 0 Å². The van der Waals surface area contributed by atoms with E-state index in [1.54, 1.807) is 14.2 Å². The minimum Gasteiger partial charge on any atom is -0.493 e. The molecule has 30 heavy (non-hydrogen) atoms. The Labute approximate surface area is 178 Å². The first-order valence-corrected chi connectivity index (χ1v) is 10.2. The predicted molar refractivity (Wildman–Crippen MR) is 116 cm³/mol. The molecule has 2 aromatic carbocycles. The van der Waals surface area contributed by atoms with Crippen LogP contribution in [0.25, 0.3) is 0 Å². The maximum absolute atomic E-state index is 12.6. The second-order valence-corrected chi connectivity index (χ2v) is 7.17. The Hall–Kier alpha value is -3.02. The van der Waals surface area contributed by atoms with E-state index in [1.165, 1.54) is 0 Å². The molecule has 0 spiro atoms. The van der Waals surface area contributed by atoms with Crippen molar-refractivity contribution >= 4 is 11.9 Å². The number of ether oxygens (including phenoxy) is 3. The van der Waals surface area contributed by atoms with Crippen LogP contribution in [0.3, 0.4) is 0 Å². The van der Waals surface area contributed by atoms with Gasteiger partial charge in [0, 0.05) is 6.54 Å². The van der Waals surface area contributed by atoms with E-state index in [-0.39, 0.29) is 30.3 Å². The zero-order chi connectivity index (χ0) is 21.9. The molecular formula is C24H31NO5. The molecule has 0 heterocycles. The SMILES string of the molecule is CCC(C)C(C(=O)OCC(=O)NCCc1ccc(OC)c(OC)c1)c1ccccc1. The molecule has 0 fully saturated rings. The van der Waals surface area contributed by atoms with Gasteiger partial charge in [-0.3, -0.25) is 9.59 Å². The van der Waals surface area contributed by atoms with Crippen molar-refractivity contribution in [2.24, 2.45) is 5.92 Å². The van der Waals surface area contributed by atoms with E-state index in [0.717, 1.165) is 17.5 Å². The fourth-order valence-corrected chi connectivity index (χ4v) is 3.25. The molecule has 2 atom stereocenters. The lowest BCUT2D eigenvalue weighted by atomic mass is 9.86. The zero-order valence-corrected chi connectivity index (χ0v) is 18.1. The van der Waals surface area contributed by atoms with Crippen LogP contribution in [-0.4, -0.2) is 39.2 Å². The third kappa shape index (κ3) is 6.51.